The maximum Gasteiger partial charge on any atom is 0.157 e. The smallest absolute Gasteiger partial charge is 0.157 e. The SMILES string of the molecule is c1ccc(C2=C3Oc4ccccc4C3NC(c3cccc4oc5cc(-c6cc7ccccc7c7ccccc67)ccc5c34)=N2)cc1. The molecule has 1 atom stereocenters. The van der Waals surface area contributed by atoms with E-state index in [-0.39, 0.29) is 6.04 Å². The molecule has 10 rings (SSSR count). The average molecular weight is 591 g/mol. The van der Waals surface area contributed by atoms with Gasteiger partial charge in [0, 0.05) is 27.5 Å². The van der Waals surface area contributed by atoms with Crippen molar-refractivity contribution in [2.24, 2.45) is 4.99 Å². The summed E-state index contributed by atoms with van der Waals surface area (Å²) in [5.41, 5.74) is 7.96. The lowest BCUT2D eigenvalue weighted by atomic mass is 9.93. The molecule has 0 aliphatic carbocycles. The Morgan fingerprint density at radius 1 is 0.543 bits per heavy atom. The summed E-state index contributed by atoms with van der Waals surface area (Å²) in [5, 5.41) is 10.8. The first-order chi connectivity index (χ1) is 22.8. The van der Waals surface area contributed by atoms with Crippen LogP contribution in [-0.4, -0.2) is 5.84 Å². The minimum atomic E-state index is -0.139. The number of ether oxygens (including phenoxy) is 1. The molecule has 1 unspecified atom stereocenters. The van der Waals surface area contributed by atoms with Gasteiger partial charge < -0.3 is 14.5 Å². The fourth-order valence-electron chi connectivity index (χ4n) is 7.22. The molecule has 0 spiro atoms. The lowest BCUT2D eigenvalue weighted by molar-refractivity contribution is 0.420. The molecular formula is C42H26N2O2. The summed E-state index contributed by atoms with van der Waals surface area (Å²) in [4.78, 5) is 5.23. The molecule has 7 aromatic carbocycles. The first kappa shape index (κ1) is 25.2. The van der Waals surface area contributed by atoms with Crippen molar-refractivity contribution in [2.45, 2.75) is 6.04 Å². The van der Waals surface area contributed by atoms with E-state index in [1.165, 1.54) is 27.1 Å². The Bertz CT molecular complexity index is 2590. The van der Waals surface area contributed by atoms with Crippen molar-refractivity contribution in [1.82, 2.24) is 5.32 Å². The van der Waals surface area contributed by atoms with Crippen LogP contribution in [0.15, 0.2) is 161 Å². The van der Waals surface area contributed by atoms with Gasteiger partial charge in [-0.2, -0.15) is 0 Å². The lowest BCUT2D eigenvalue weighted by Crippen LogP contribution is -2.33. The molecule has 3 heterocycles. The van der Waals surface area contributed by atoms with Crippen LogP contribution in [0.3, 0.4) is 0 Å². The molecule has 0 saturated carbocycles. The highest BCUT2D eigenvalue weighted by atomic mass is 16.5. The highest BCUT2D eigenvalue weighted by molar-refractivity contribution is 6.20. The van der Waals surface area contributed by atoms with E-state index in [2.05, 4.69) is 108 Å². The number of hydrogen-bond donors (Lipinski definition) is 1. The first-order valence-electron chi connectivity index (χ1n) is 15.6. The van der Waals surface area contributed by atoms with Crippen LogP contribution in [0.5, 0.6) is 5.75 Å². The van der Waals surface area contributed by atoms with Gasteiger partial charge in [-0.15, -0.1) is 0 Å². The van der Waals surface area contributed by atoms with Crippen LogP contribution >= 0.6 is 0 Å². The molecule has 0 radical (unpaired) electrons. The van der Waals surface area contributed by atoms with E-state index in [1.807, 2.05) is 42.5 Å². The number of fused-ring (bicyclic) bond motifs is 9. The number of hydrogen-bond acceptors (Lipinski definition) is 4. The van der Waals surface area contributed by atoms with Crippen molar-refractivity contribution in [1.29, 1.82) is 0 Å². The number of rotatable bonds is 3. The van der Waals surface area contributed by atoms with E-state index in [1.54, 1.807) is 0 Å². The van der Waals surface area contributed by atoms with E-state index < -0.39 is 0 Å². The lowest BCUT2D eigenvalue weighted by Gasteiger charge is -2.24. The van der Waals surface area contributed by atoms with Gasteiger partial charge in [-0.3, -0.25) is 0 Å². The summed E-state index contributed by atoms with van der Waals surface area (Å²) in [6.45, 7) is 0. The second kappa shape index (κ2) is 9.68. The number of aliphatic imine (C=N–C) groups is 1. The maximum atomic E-state index is 6.58. The summed E-state index contributed by atoms with van der Waals surface area (Å²) < 4.78 is 13.0. The van der Waals surface area contributed by atoms with Gasteiger partial charge in [0.05, 0.1) is 0 Å². The normalized spacial score (nSPS) is 15.6. The molecule has 2 aliphatic rings. The fraction of sp³-hybridized carbons (Fsp3) is 0.0238. The third-order valence-electron chi connectivity index (χ3n) is 9.33. The van der Waals surface area contributed by atoms with Gasteiger partial charge in [-0.05, 0) is 63.0 Å². The van der Waals surface area contributed by atoms with E-state index in [4.69, 9.17) is 14.1 Å². The summed E-state index contributed by atoms with van der Waals surface area (Å²) in [6, 6.07) is 50.7. The van der Waals surface area contributed by atoms with Gasteiger partial charge in [-0.1, -0.05) is 115 Å². The van der Waals surface area contributed by atoms with Gasteiger partial charge in [0.25, 0.3) is 0 Å². The maximum absolute atomic E-state index is 6.58. The van der Waals surface area contributed by atoms with Crippen LogP contribution in [-0.2, 0) is 0 Å². The molecule has 1 N–H and O–H groups in total. The number of furan rings is 1. The van der Waals surface area contributed by atoms with E-state index in [9.17, 15) is 0 Å². The van der Waals surface area contributed by atoms with E-state index in [0.29, 0.717) is 0 Å². The standard InChI is InChI=1S/C42H26N2O2/c1-2-11-25(12-3-1)39-41-40(32-17-8-9-19-35(32)46-41)44-42(43-39)33-18-10-20-36-38(33)31-22-21-27(24-37(31)45-36)34-23-26-13-4-5-14-28(26)29-15-6-7-16-30(29)34/h1-24,40H,(H,43,44). The van der Waals surface area contributed by atoms with Crippen molar-refractivity contribution in [3.63, 3.8) is 0 Å². The Hall–Kier alpha value is -6.13. The van der Waals surface area contributed by atoms with Crippen LogP contribution in [0.4, 0.5) is 0 Å². The Labute approximate surface area is 264 Å². The van der Waals surface area contributed by atoms with Crippen LogP contribution in [0.2, 0.25) is 0 Å². The Morgan fingerprint density at radius 2 is 1.33 bits per heavy atom. The third kappa shape index (κ3) is 3.71. The fourth-order valence-corrected chi connectivity index (χ4v) is 7.22. The first-order valence-corrected chi connectivity index (χ1v) is 15.6. The molecule has 8 aromatic rings. The average Bonchev–Trinajstić information content (AvgIpc) is 3.69. The Kier molecular flexibility index (Phi) is 5.31. The molecule has 4 heteroatoms. The monoisotopic (exact) mass is 590 g/mol. The minimum Gasteiger partial charge on any atom is -0.456 e. The van der Waals surface area contributed by atoms with Crippen molar-refractivity contribution in [2.75, 3.05) is 0 Å². The Morgan fingerprint density at radius 3 is 2.24 bits per heavy atom. The van der Waals surface area contributed by atoms with Crippen molar-refractivity contribution < 1.29 is 9.15 Å². The molecule has 2 aliphatic heterocycles. The van der Waals surface area contributed by atoms with E-state index >= 15 is 0 Å². The molecule has 216 valence electrons. The molecule has 0 bridgehead atoms. The van der Waals surface area contributed by atoms with Crippen LogP contribution in [0, 0.1) is 0 Å². The largest absolute Gasteiger partial charge is 0.456 e. The molecule has 0 saturated heterocycles. The summed E-state index contributed by atoms with van der Waals surface area (Å²) >= 11 is 0. The van der Waals surface area contributed by atoms with Crippen molar-refractivity contribution in [3.05, 3.63) is 168 Å². The number of nitrogens with one attached hydrogen (secondary N) is 1. The van der Waals surface area contributed by atoms with Gasteiger partial charge in [0.2, 0.25) is 0 Å². The zero-order chi connectivity index (χ0) is 30.2. The molecule has 4 nitrogen and oxygen atoms in total. The summed E-state index contributed by atoms with van der Waals surface area (Å²) in [7, 11) is 0. The van der Waals surface area contributed by atoms with Crippen molar-refractivity contribution >= 4 is 55.0 Å². The second-order valence-electron chi connectivity index (χ2n) is 11.9. The highest BCUT2D eigenvalue weighted by Gasteiger charge is 2.37. The number of para-hydroxylation sites is 1. The molecule has 0 amide bonds. The number of amidine groups is 1. The molecule has 46 heavy (non-hydrogen) atoms. The van der Waals surface area contributed by atoms with Gasteiger partial charge in [0.1, 0.15) is 34.5 Å². The third-order valence-corrected chi connectivity index (χ3v) is 9.33. The topological polar surface area (TPSA) is 46.8 Å². The zero-order valence-electron chi connectivity index (χ0n) is 24.7. The van der Waals surface area contributed by atoms with Crippen LogP contribution < -0.4 is 10.1 Å². The molecular weight excluding hydrogens is 564 g/mol. The van der Waals surface area contributed by atoms with Crippen LogP contribution in [0.1, 0.15) is 22.7 Å². The summed E-state index contributed by atoms with van der Waals surface area (Å²) in [5.74, 6) is 2.49. The van der Waals surface area contributed by atoms with Gasteiger partial charge in [0.15, 0.2) is 5.76 Å². The van der Waals surface area contributed by atoms with Crippen molar-refractivity contribution in [3.8, 4) is 16.9 Å². The second-order valence-corrected chi connectivity index (χ2v) is 11.9. The zero-order valence-corrected chi connectivity index (χ0v) is 24.7. The predicted molar refractivity (Wildman–Crippen MR) is 187 cm³/mol. The molecule has 0 fully saturated rings. The summed E-state index contributed by atoms with van der Waals surface area (Å²) in [6.07, 6.45) is 0. The minimum absolute atomic E-state index is 0.139. The van der Waals surface area contributed by atoms with Gasteiger partial charge in [-0.25, -0.2) is 4.99 Å². The quantitative estimate of drug-likeness (QED) is 0.208. The number of benzene rings is 7. The Balaban J connectivity index is 1.15. The van der Waals surface area contributed by atoms with E-state index in [0.717, 1.165) is 67.2 Å². The van der Waals surface area contributed by atoms with Gasteiger partial charge >= 0.3 is 0 Å². The van der Waals surface area contributed by atoms with Crippen LogP contribution in [0.25, 0.3) is 60.3 Å². The number of nitrogens with zero attached hydrogens (tertiary/aromatic N) is 1. The predicted octanol–water partition coefficient (Wildman–Crippen LogP) is 10.4. The molecule has 1 aromatic heterocycles. The highest BCUT2D eigenvalue weighted by Crippen LogP contribution is 2.45.